The Hall–Kier alpha value is -0.620. The largest absolute Gasteiger partial charge is 0.449 e. The fraction of sp³-hybridized carbons (Fsp3) is 0.846. The van der Waals surface area contributed by atoms with E-state index in [1.807, 2.05) is 20.8 Å². The van der Waals surface area contributed by atoms with E-state index >= 15 is 0 Å². The summed E-state index contributed by atoms with van der Waals surface area (Å²) in [6, 6.07) is -0.101. The Kier molecular flexibility index (Phi) is 6.95. The number of hydrogen-bond acceptors (Lipinski definition) is 5. The number of likely N-dealkylation sites (tertiary alicyclic amines) is 1. The molecule has 5 nitrogen and oxygen atoms in total. The van der Waals surface area contributed by atoms with Gasteiger partial charge in [-0.05, 0) is 33.6 Å². The summed E-state index contributed by atoms with van der Waals surface area (Å²) < 4.78 is 10.0. The maximum Gasteiger partial charge on any atom is 0.410 e. The van der Waals surface area contributed by atoms with Gasteiger partial charge in [-0.3, -0.25) is 4.79 Å². The van der Waals surface area contributed by atoms with Crippen LogP contribution in [0.15, 0.2) is 0 Å². The lowest BCUT2D eigenvalue weighted by Gasteiger charge is -2.33. The van der Waals surface area contributed by atoms with Gasteiger partial charge in [0, 0.05) is 18.3 Å². The molecule has 0 aromatic carbocycles. The van der Waals surface area contributed by atoms with Crippen LogP contribution in [0, 0.1) is 0 Å². The summed E-state index contributed by atoms with van der Waals surface area (Å²) >= 11 is 6.87. The van der Waals surface area contributed by atoms with E-state index in [1.54, 1.807) is 16.7 Å². The smallest absolute Gasteiger partial charge is 0.410 e. The van der Waals surface area contributed by atoms with Gasteiger partial charge in [0.1, 0.15) is 5.60 Å². The van der Waals surface area contributed by atoms with Crippen molar-refractivity contribution in [3.8, 4) is 0 Å². The second-order valence-corrected chi connectivity index (χ2v) is 7.11. The number of amides is 1. The van der Waals surface area contributed by atoms with Crippen LogP contribution in [0.3, 0.4) is 0 Å². The SMILES string of the molecule is CC(C)(C)OC(=O)N1CCC(SCC(=O)OCCl)CC1. The monoisotopic (exact) mass is 323 g/mol. The maximum absolute atomic E-state index is 11.9. The molecule has 7 heteroatoms. The topological polar surface area (TPSA) is 55.8 Å². The van der Waals surface area contributed by atoms with Crippen molar-refractivity contribution in [1.29, 1.82) is 0 Å². The van der Waals surface area contributed by atoms with E-state index in [-0.39, 0.29) is 18.1 Å². The summed E-state index contributed by atoms with van der Waals surface area (Å²) in [5, 5.41) is 0.372. The van der Waals surface area contributed by atoms with E-state index in [0.717, 1.165) is 12.8 Å². The quantitative estimate of drug-likeness (QED) is 0.588. The van der Waals surface area contributed by atoms with Crippen molar-refractivity contribution >= 4 is 35.4 Å². The number of carbonyl (C=O) groups is 2. The van der Waals surface area contributed by atoms with Crippen molar-refractivity contribution in [3.63, 3.8) is 0 Å². The second kappa shape index (κ2) is 7.98. The summed E-state index contributed by atoms with van der Waals surface area (Å²) in [6.45, 7) is 6.90. The highest BCUT2D eigenvalue weighted by Gasteiger charge is 2.27. The van der Waals surface area contributed by atoms with Gasteiger partial charge in [0.2, 0.25) is 0 Å². The molecular weight excluding hydrogens is 302 g/mol. The molecule has 0 spiro atoms. The first-order valence-electron chi connectivity index (χ1n) is 6.63. The average Bonchev–Trinajstić information content (AvgIpc) is 2.35. The molecule has 20 heavy (non-hydrogen) atoms. The molecule has 1 saturated heterocycles. The van der Waals surface area contributed by atoms with Crippen LogP contribution >= 0.6 is 23.4 Å². The van der Waals surface area contributed by atoms with E-state index in [9.17, 15) is 9.59 Å². The van der Waals surface area contributed by atoms with E-state index in [1.165, 1.54) is 0 Å². The molecule has 1 amide bonds. The molecule has 0 bridgehead atoms. The number of esters is 1. The summed E-state index contributed by atoms with van der Waals surface area (Å²) in [5.41, 5.74) is -0.464. The van der Waals surface area contributed by atoms with Gasteiger partial charge in [-0.25, -0.2) is 4.79 Å². The molecular formula is C13H22ClNO4S. The van der Waals surface area contributed by atoms with E-state index in [4.69, 9.17) is 16.3 Å². The zero-order valence-electron chi connectivity index (χ0n) is 12.2. The van der Waals surface area contributed by atoms with Crippen molar-refractivity contribution in [3.05, 3.63) is 0 Å². The Morgan fingerprint density at radius 2 is 1.90 bits per heavy atom. The highest BCUT2D eigenvalue weighted by molar-refractivity contribution is 8.00. The standard InChI is InChI=1S/C13H22ClNO4S/c1-13(2,3)19-12(17)15-6-4-10(5-7-15)20-8-11(16)18-9-14/h10H,4-9H2,1-3H3. The average molecular weight is 324 g/mol. The lowest BCUT2D eigenvalue weighted by molar-refractivity contribution is -0.138. The Bertz CT molecular complexity index is 338. The Morgan fingerprint density at radius 1 is 1.30 bits per heavy atom. The Morgan fingerprint density at radius 3 is 2.40 bits per heavy atom. The molecule has 1 aliphatic rings. The van der Waals surface area contributed by atoms with Crippen LogP contribution in [0.2, 0.25) is 0 Å². The highest BCUT2D eigenvalue weighted by atomic mass is 35.5. The molecule has 1 heterocycles. The van der Waals surface area contributed by atoms with Crippen LogP contribution in [0.1, 0.15) is 33.6 Å². The highest BCUT2D eigenvalue weighted by Crippen LogP contribution is 2.24. The van der Waals surface area contributed by atoms with Gasteiger partial charge in [-0.2, -0.15) is 0 Å². The number of hydrogen-bond donors (Lipinski definition) is 0. The normalized spacial score (nSPS) is 16.9. The Balaban J connectivity index is 2.26. The van der Waals surface area contributed by atoms with Gasteiger partial charge in [-0.15, -0.1) is 11.8 Å². The van der Waals surface area contributed by atoms with Gasteiger partial charge in [0.05, 0.1) is 5.75 Å². The molecule has 0 aliphatic carbocycles. The van der Waals surface area contributed by atoms with Crippen LogP contribution in [0.5, 0.6) is 0 Å². The third-order valence-electron chi connectivity index (χ3n) is 2.75. The molecule has 0 N–H and O–H groups in total. The number of ether oxygens (including phenoxy) is 2. The number of halogens is 1. The van der Waals surface area contributed by atoms with Crippen molar-refractivity contribution in [2.24, 2.45) is 0 Å². The maximum atomic E-state index is 11.9. The van der Waals surface area contributed by atoms with Gasteiger partial charge in [0.25, 0.3) is 0 Å². The first-order chi connectivity index (χ1) is 9.31. The Labute approximate surface area is 129 Å². The van der Waals surface area contributed by atoms with Crippen molar-refractivity contribution in [1.82, 2.24) is 4.90 Å². The number of thioether (sulfide) groups is 1. The van der Waals surface area contributed by atoms with Crippen LogP contribution in [0.4, 0.5) is 4.79 Å². The summed E-state index contributed by atoms with van der Waals surface area (Å²) in [4.78, 5) is 24.8. The number of rotatable bonds is 4. The van der Waals surface area contributed by atoms with Crippen LogP contribution < -0.4 is 0 Å². The van der Waals surface area contributed by atoms with Crippen molar-refractivity contribution < 1.29 is 19.1 Å². The van der Waals surface area contributed by atoms with Crippen molar-refractivity contribution in [2.45, 2.75) is 44.5 Å². The fourth-order valence-corrected chi connectivity index (χ4v) is 2.94. The number of alkyl halides is 1. The van der Waals surface area contributed by atoms with E-state index in [2.05, 4.69) is 4.74 Å². The second-order valence-electron chi connectivity index (χ2n) is 5.60. The molecule has 1 rings (SSSR count). The first-order valence-corrected chi connectivity index (χ1v) is 8.21. The van der Waals surface area contributed by atoms with Crippen LogP contribution in [-0.4, -0.2) is 52.7 Å². The molecule has 116 valence electrons. The zero-order chi connectivity index (χ0) is 15.2. The molecule has 0 aromatic rings. The number of carbonyl (C=O) groups excluding carboxylic acids is 2. The van der Waals surface area contributed by atoms with E-state index in [0.29, 0.717) is 24.1 Å². The molecule has 0 unspecified atom stereocenters. The molecule has 1 fully saturated rings. The molecule has 0 aromatic heterocycles. The summed E-state index contributed by atoms with van der Waals surface area (Å²) in [5.74, 6) is 0.0173. The third kappa shape index (κ3) is 6.70. The minimum atomic E-state index is -0.464. The third-order valence-corrected chi connectivity index (χ3v) is 4.20. The minimum Gasteiger partial charge on any atom is -0.449 e. The van der Waals surface area contributed by atoms with Gasteiger partial charge < -0.3 is 14.4 Å². The predicted octanol–water partition coefficient (Wildman–Crippen LogP) is 2.86. The lowest BCUT2D eigenvalue weighted by atomic mass is 10.1. The molecule has 0 radical (unpaired) electrons. The van der Waals surface area contributed by atoms with Crippen LogP contribution in [0.25, 0.3) is 0 Å². The molecule has 0 atom stereocenters. The van der Waals surface area contributed by atoms with Crippen LogP contribution in [-0.2, 0) is 14.3 Å². The summed E-state index contributed by atoms with van der Waals surface area (Å²) in [7, 11) is 0. The molecule has 0 saturated carbocycles. The lowest BCUT2D eigenvalue weighted by Crippen LogP contribution is -2.42. The van der Waals surface area contributed by atoms with E-state index < -0.39 is 5.60 Å². The van der Waals surface area contributed by atoms with Gasteiger partial charge >= 0.3 is 12.1 Å². The first kappa shape index (κ1) is 17.4. The summed E-state index contributed by atoms with van der Waals surface area (Å²) in [6.07, 6.45) is 1.46. The van der Waals surface area contributed by atoms with Gasteiger partial charge in [-0.1, -0.05) is 11.6 Å². The molecule has 1 aliphatic heterocycles. The minimum absolute atomic E-state index is 0.101. The predicted molar refractivity (Wildman–Crippen MR) is 80.1 cm³/mol. The van der Waals surface area contributed by atoms with Gasteiger partial charge in [0.15, 0.2) is 6.07 Å². The zero-order valence-corrected chi connectivity index (χ0v) is 13.8. The fourth-order valence-electron chi connectivity index (χ4n) is 1.82. The van der Waals surface area contributed by atoms with Crippen molar-refractivity contribution in [2.75, 3.05) is 24.9 Å². The number of nitrogens with zero attached hydrogens (tertiary/aromatic N) is 1. The number of piperidine rings is 1.